The summed E-state index contributed by atoms with van der Waals surface area (Å²) >= 11 is 0. The zero-order chi connectivity index (χ0) is 14.8. The van der Waals surface area contributed by atoms with E-state index in [1.54, 1.807) is 13.0 Å². The Morgan fingerprint density at radius 2 is 2.00 bits per heavy atom. The molecule has 0 spiro atoms. The van der Waals surface area contributed by atoms with Crippen molar-refractivity contribution in [3.63, 3.8) is 0 Å². The Morgan fingerprint density at radius 1 is 1.25 bits per heavy atom. The number of hydrogen-bond donors (Lipinski definition) is 2. The molecule has 1 heterocycles. The molecule has 2 N–H and O–H groups in total. The molecule has 1 aromatic heterocycles. The summed E-state index contributed by atoms with van der Waals surface area (Å²) in [6.07, 6.45) is 0.544. The summed E-state index contributed by atoms with van der Waals surface area (Å²) in [4.78, 5) is 14.7. The topological polar surface area (TPSA) is 79.0 Å². The highest BCUT2D eigenvalue weighted by Gasteiger charge is 2.10. The van der Waals surface area contributed by atoms with Gasteiger partial charge < -0.3 is 4.98 Å². The molecular weight excluding hydrogens is 276 g/mol. The number of aromatic amines is 1. The van der Waals surface area contributed by atoms with Crippen LogP contribution >= 0.6 is 0 Å². The van der Waals surface area contributed by atoms with E-state index in [-0.39, 0.29) is 17.9 Å². The van der Waals surface area contributed by atoms with Gasteiger partial charge in [0.1, 0.15) is 0 Å². The lowest BCUT2D eigenvalue weighted by Crippen LogP contribution is -2.28. The normalized spacial score (nSPS) is 11.9. The van der Waals surface area contributed by atoms with Crippen LogP contribution in [0.25, 0.3) is 10.9 Å². The zero-order valence-electron chi connectivity index (χ0n) is 11.6. The van der Waals surface area contributed by atoms with Gasteiger partial charge in [0.05, 0.1) is 5.75 Å². The zero-order valence-corrected chi connectivity index (χ0v) is 12.4. The number of fused-ring (bicyclic) bond motifs is 1. The van der Waals surface area contributed by atoms with Crippen molar-refractivity contribution in [2.24, 2.45) is 0 Å². The fourth-order valence-electron chi connectivity index (χ4n) is 2.02. The highest BCUT2D eigenvalue weighted by atomic mass is 32.2. The Morgan fingerprint density at radius 3 is 2.70 bits per heavy atom. The first-order valence-electron chi connectivity index (χ1n) is 6.51. The lowest BCUT2D eigenvalue weighted by atomic mass is 10.1. The Balaban J connectivity index is 2.29. The third-order valence-corrected chi connectivity index (χ3v) is 4.56. The highest BCUT2D eigenvalue weighted by molar-refractivity contribution is 7.89. The minimum atomic E-state index is -3.31. The maximum absolute atomic E-state index is 11.9. The summed E-state index contributed by atoms with van der Waals surface area (Å²) in [5.74, 6) is 0.0671. The maximum Gasteiger partial charge on any atom is 0.252 e. The van der Waals surface area contributed by atoms with Gasteiger partial charge in [-0.1, -0.05) is 19.1 Å². The minimum Gasteiger partial charge on any atom is -0.322 e. The number of sulfonamides is 1. The standard InChI is InChI=1S/C14H18N2O3S/c1-3-6-20(18,19)15-9-12-8-11-5-4-10(2)7-13(11)16-14(12)17/h4-5,7-8,15H,3,6,9H2,1-2H3,(H,16,17). The van der Waals surface area contributed by atoms with Crippen LogP contribution in [0.4, 0.5) is 0 Å². The third-order valence-electron chi connectivity index (χ3n) is 3.03. The molecule has 0 aliphatic rings. The molecule has 2 aromatic rings. The van der Waals surface area contributed by atoms with E-state index in [0.717, 1.165) is 16.5 Å². The molecule has 0 saturated carbocycles. The van der Waals surface area contributed by atoms with E-state index < -0.39 is 10.0 Å². The van der Waals surface area contributed by atoms with Crippen LogP contribution < -0.4 is 10.3 Å². The molecule has 0 aliphatic carbocycles. The number of rotatable bonds is 5. The Bertz CT molecular complexity index is 779. The number of H-pyrrole nitrogens is 1. The number of nitrogens with one attached hydrogen (secondary N) is 2. The molecule has 20 heavy (non-hydrogen) atoms. The van der Waals surface area contributed by atoms with Gasteiger partial charge in [-0.2, -0.15) is 0 Å². The maximum atomic E-state index is 11.9. The van der Waals surface area contributed by atoms with Gasteiger partial charge in [0.2, 0.25) is 10.0 Å². The van der Waals surface area contributed by atoms with Gasteiger partial charge in [-0.25, -0.2) is 13.1 Å². The molecule has 0 radical (unpaired) electrons. The van der Waals surface area contributed by atoms with Crippen LogP contribution in [0, 0.1) is 6.92 Å². The van der Waals surface area contributed by atoms with Crippen molar-refractivity contribution >= 4 is 20.9 Å². The number of aryl methyl sites for hydroxylation is 1. The van der Waals surface area contributed by atoms with E-state index in [4.69, 9.17) is 0 Å². The summed E-state index contributed by atoms with van der Waals surface area (Å²) < 4.78 is 25.6. The monoisotopic (exact) mass is 294 g/mol. The van der Waals surface area contributed by atoms with Crippen LogP contribution in [0.5, 0.6) is 0 Å². The molecule has 0 unspecified atom stereocenters. The fourth-order valence-corrected chi connectivity index (χ4v) is 3.08. The SMILES string of the molecule is CCCS(=O)(=O)NCc1cc2ccc(C)cc2[nH]c1=O. The molecule has 0 aliphatic heterocycles. The summed E-state index contributed by atoms with van der Waals surface area (Å²) in [5.41, 5.74) is 1.98. The Kier molecular flexibility index (Phi) is 4.25. The van der Waals surface area contributed by atoms with Gasteiger partial charge in [-0.3, -0.25) is 4.79 Å². The molecule has 2 rings (SSSR count). The van der Waals surface area contributed by atoms with Crippen molar-refractivity contribution in [3.8, 4) is 0 Å². The first-order valence-corrected chi connectivity index (χ1v) is 8.16. The predicted molar refractivity (Wildman–Crippen MR) is 80.2 cm³/mol. The quantitative estimate of drug-likeness (QED) is 0.880. The molecular formula is C14H18N2O3S. The van der Waals surface area contributed by atoms with Gasteiger partial charge in [0, 0.05) is 17.6 Å². The van der Waals surface area contributed by atoms with E-state index in [1.807, 2.05) is 25.1 Å². The van der Waals surface area contributed by atoms with Crippen LogP contribution in [-0.4, -0.2) is 19.2 Å². The average molecular weight is 294 g/mol. The molecule has 0 fully saturated rings. The van der Waals surface area contributed by atoms with Crippen LogP contribution in [-0.2, 0) is 16.6 Å². The second kappa shape index (κ2) is 5.76. The molecule has 108 valence electrons. The Labute approximate surface area is 118 Å². The predicted octanol–water partition coefficient (Wildman–Crippen LogP) is 1.67. The third kappa shape index (κ3) is 3.46. The molecule has 6 heteroatoms. The molecule has 0 saturated heterocycles. The van der Waals surface area contributed by atoms with Gasteiger partial charge >= 0.3 is 0 Å². The largest absolute Gasteiger partial charge is 0.322 e. The highest BCUT2D eigenvalue weighted by Crippen LogP contribution is 2.13. The van der Waals surface area contributed by atoms with Crippen LogP contribution in [0.2, 0.25) is 0 Å². The van der Waals surface area contributed by atoms with E-state index in [0.29, 0.717) is 12.0 Å². The molecule has 1 aromatic carbocycles. The first kappa shape index (κ1) is 14.7. The summed E-state index contributed by atoms with van der Waals surface area (Å²) in [5, 5.41) is 0.889. The lowest BCUT2D eigenvalue weighted by Gasteiger charge is -2.06. The van der Waals surface area contributed by atoms with Crippen molar-refractivity contribution in [3.05, 3.63) is 45.7 Å². The van der Waals surface area contributed by atoms with Crippen molar-refractivity contribution in [1.29, 1.82) is 0 Å². The van der Waals surface area contributed by atoms with Crippen molar-refractivity contribution in [2.75, 3.05) is 5.75 Å². The fraction of sp³-hybridized carbons (Fsp3) is 0.357. The molecule has 5 nitrogen and oxygen atoms in total. The number of benzene rings is 1. The van der Waals surface area contributed by atoms with Crippen molar-refractivity contribution in [1.82, 2.24) is 9.71 Å². The summed E-state index contributed by atoms with van der Waals surface area (Å²) in [6, 6.07) is 7.47. The van der Waals surface area contributed by atoms with E-state index in [9.17, 15) is 13.2 Å². The smallest absolute Gasteiger partial charge is 0.252 e. The van der Waals surface area contributed by atoms with Gasteiger partial charge in [-0.05, 0) is 36.4 Å². The minimum absolute atomic E-state index is 0.0154. The number of aromatic nitrogens is 1. The van der Waals surface area contributed by atoms with E-state index >= 15 is 0 Å². The van der Waals surface area contributed by atoms with E-state index in [2.05, 4.69) is 9.71 Å². The van der Waals surface area contributed by atoms with Gasteiger partial charge in [-0.15, -0.1) is 0 Å². The van der Waals surface area contributed by atoms with Crippen LogP contribution in [0.3, 0.4) is 0 Å². The molecule has 0 bridgehead atoms. The second-order valence-corrected chi connectivity index (χ2v) is 6.78. The molecule has 0 amide bonds. The van der Waals surface area contributed by atoms with Gasteiger partial charge in [0.25, 0.3) is 5.56 Å². The van der Waals surface area contributed by atoms with Crippen LogP contribution in [0.15, 0.2) is 29.1 Å². The Hall–Kier alpha value is -1.66. The molecule has 0 atom stereocenters. The van der Waals surface area contributed by atoms with Gasteiger partial charge in [0.15, 0.2) is 0 Å². The van der Waals surface area contributed by atoms with Crippen molar-refractivity contribution in [2.45, 2.75) is 26.8 Å². The summed E-state index contributed by atoms with van der Waals surface area (Å²) in [7, 11) is -3.31. The average Bonchev–Trinajstić information content (AvgIpc) is 2.36. The first-order chi connectivity index (χ1) is 9.41. The number of pyridine rings is 1. The van der Waals surface area contributed by atoms with Crippen LogP contribution in [0.1, 0.15) is 24.5 Å². The van der Waals surface area contributed by atoms with Crippen molar-refractivity contribution < 1.29 is 8.42 Å². The number of hydrogen-bond acceptors (Lipinski definition) is 3. The second-order valence-electron chi connectivity index (χ2n) is 4.85. The lowest BCUT2D eigenvalue weighted by molar-refractivity contribution is 0.579. The summed E-state index contributed by atoms with van der Waals surface area (Å²) in [6.45, 7) is 3.76. The van der Waals surface area contributed by atoms with E-state index in [1.165, 1.54) is 0 Å².